The second-order valence-corrected chi connectivity index (χ2v) is 6.60. The number of oxazole rings is 1. The Balaban J connectivity index is 1.31. The highest BCUT2D eigenvalue weighted by Crippen LogP contribution is 2.19. The van der Waals surface area contributed by atoms with Gasteiger partial charge in [0.15, 0.2) is 0 Å². The van der Waals surface area contributed by atoms with E-state index in [4.69, 9.17) is 4.42 Å². The number of carbonyl (C=O) groups excluding carboxylic acids is 2. The van der Waals surface area contributed by atoms with Crippen molar-refractivity contribution in [2.45, 2.75) is 12.8 Å². The van der Waals surface area contributed by atoms with Gasteiger partial charge in [0.25, 0.3) is 0 Å². The van der Waals surface area contributed by atoms with Crippen molar-refractivity contribution in [1.29, 1.82) is 0 Å². The molecule has 0 unspecified atom stereocenters. The van der Waals surface area contributed by atoms with Gasteiger partial charge in [0, 0.05) is 5.56 Å². The summed E-state index contributed by atoms with van der Waals surface area (Å²) in [6, 6.07) is 23.1. The molecule has 144 valence electrons. The van der Waals surface area contributed by atoms with E-state index in [1.54, 1.807) is 0 Å². The zero-order valence-electron chi connectivity index (χ0n) is 15.6. The summed E-state index contributed by atoms with van der Waals surface area (Å²) in [4.78, 5) is 28.7. The zero-order chi connectivity index (χ0) is 20.1. The standard InChI is InChI=1S/C23H19N3O3/c27-21(13-18-11-6-10-16-7-4-5-12-20(16)18)25-26-22(28)14-19-15-29-23(24-19)17-8-2-1-3-9-17/h1-12,15H,13-14H2,(H,25,27)(H,26,28). The fourth-order valence-electron chi connectivity index (χ4n) is 3.11. The highest BCUT2D eigenvalue weighted by molar-refractivity contribution is 5.91. The van der Waals surface area contributed by atoms with Crippen molar-refractivity contribution in [3.8, 4) is 11.5 Å². The summed E-state index contributed by atoms with van der Waals surface area (Å²) in [7, 11) is 0. The van der Waals surface area contributed by atoms with E-state index in [1.807, 2.05) is 72.8 Å². The van der Waals surface area contributed by atoms with Crippen LogP contribution in [0.5, 0.6) is 0 Å². The van der Waals surface area contributed by atoms with Crippen LogP contribution in [0.2, 0.25) is 0 Å². The van der Waals surface area contributed by atoms with E-state index in [2.05, 4.69) is 15.8 Å². The Morgan fingerprint density at radius 3 is 2.31 bits per heavy atom. The summed E-state index contributed by atoms with van der Waals surface area (Å²) in [5.74, 6) is -0.211. The first-order valence-electron chi connectivity index (χ1n) is 9.23. The number of nitrogens with one attached hydrogen (secondary N) is 2. The van der Waals surface area contributed by atoms with Crippen LogP contribution in [0.15, 0.2) is 83.5 Å². The molecule has 6 nitrogen and oxygen atoms in total. The first-order valence-corrected chi connectivity index (χ1v) is 9.23. The van der Waals surface area contributed by atoms with Crippen LogP contribution >= 0.6 is 0 Å². The van der Waals surface area contributed by atoms with Gasteiger partial charge in [-0.25, -0.2) is 4.98 Å². The molecule has 0 radical (unpaired) electrons. The largest absolute Gasteiger partial charge is 0.444 e. The third kappa shape index (κ3) is 4.50. The van der Waals surface area contributed by atoms with Gasteiger partial charge >= 0.3 is 0 Å². The van der Waals surface area contributed by atoms with Gasteiger partial charge in [-0.15, -0.1) is 0 Å². The molecule has 0 aliphatic rings. The van der Waals surface area contributed by atoms with Crippen LogP contribution in [-0.2, 0) is 22.4 Å². The molecule has 1 aromatic heterocycles. The molecule has 0 bridgehead atoms. The fourth-order valence-corrected chi connectivity index (χ4v) is 3.11. The molecule has 1 heterocycles. The molecule has 0 saturated carbocycles. The van der Waals surface area contributed by atoms with Gasteiger partial charge in [0.05, 0.1) is 18.5 Å². The van der Waals surface area contributed by atoms with E-state index in [9.17, 15) is 9.59 Å². The fraction of sp³-hybridized carbons (Fsp3) is 0.0870. The lowest BCUT2D eigenvalue weighted by molar-refractivity contribution is -0.128. The number of rotatable bonds is 5. The highest BCUT2D eigenvalue weighted by atomic mass is 16.3. The third-order valence-corrected chi connectivity index (χ3v) is 4.49. The van der Waals surface area contributed by atoms with Gasteiger partial charge in [0.1, 0.15) is 6.26 Å². The Kier molecular flexibility index (Phi) is 5.33. The number of hydrogen-bond donors (Lipinski definition) is 2. The molecule has 2 N–H and O–H groups in total. The summed E-state index contributed by atoms with van der Waals surface area (Å²) in [6.07, 6.45) is 1.62. The predicted molar refractivity (Wildman–Crippen MR) is 110 cm³/mol. The first-order chi connectivity index (χ1) is 14.2. The van der Waals surface area contributed by atoms with Crippen LogP contribution in [-0.4, -0.2) is 16.8 Å². The number of aromatic nitrogens is 1. The molecule has 0 spiro atoms. The van der Waals surface area contributed by atoms with Crippen molar-refractivity contribution in [3.05, 3.63) is 90.3 Å². The smallest absolute Gasteiger partial charge is 0.244 e. The van der Waals surface area contributed by atoms with Crippen LogP contribution in [0, 0.1) is 0 Å². The number of nitrogens with zero attached hydrogens (tertiary/aromatic N) is 1. The van der Waals surface area contributed by atoms with Crippen molar-refractivity contribution < 1.29 is 14.0 Å². The van der Waals surface area contributed by atoms with Gasteiger partial charge in [-0.05, 0) is 28.5 Å². The second kappa shape index (κ2) is 8.39. The summed E-state index contributed by atoms with van der Waals surface area (Å²) in [5.41, 5.74) is 7.11. The highest BCUT2D eigenvalue weighted by Gasteiger charge is 2.12. The minimum atomic E-state index is -0.371. The third-order valence-electron chi connectivity index (χ3n) is 4.49. The molecule has 0 saturated heterocycles. The Morgan fingerprint density at radius 2 is 1.48 bits per heavy atom. The Bertz CT molecular complexity index is 1150. The van der Waals surface area contributed by atoms with Crippen molar-refractivity contribution in [2.75, 3.05) is 0 Å². The molecule has 0 aliphatic carbocycles. The molecule has 0 aliphatic heterocycles. The number of hydrazine groups is 1. The van der Waals surface area contributed by atoms with Crippen LogP contribution in [0.4, 0.5) is 0 Å². The maximum atomic E-state index is 12.2. The predicted octanol–water partition coefficient (Wildman–Crippen LogP) is 3.43. The maximum absolute atomic E-state index is 12.2. The van der Waals surface area contributed by atoms with E-state index in [-0.39, 0.29) is 24.7 Å². The van der Waals surface area contributed by atoms with Crippen LogP contribution in [0.1, 0.15) is 11.3 Å². The van der Waals surface area contributed by atoms with Crippen LogP contribution in [0.3, 0.4) is 0 Å². The van der Waals surface area contributed by atoms with E-state index in [1.165, 1.54) is 6.26 Å². The van der Waals surface area contributed by atoms with Crippen molar-refractivity contribution in [3.63, 3.8) is 0 Å². The summed E-state index contributed by atoms with van der Waals surface area (Å²) >= 11 is 0. The van der Waals surface area contributed by atoms with Crippen LogP contribution in [0.25, 0.3) is 22.2 Å². The van der Waals surface area contributed by atoms with Crippen molar-refractivity contribution >= 4 is 22.6 Å². The monoisotopic (exact) mass is 385 g/mol. The Labute approximate surface area is 167 Å². The molecule has 29 heavy (non-hydrogen) atoms. The number of carbonyl (C=O) groups is 2. The summed E-state index contributed by atoms with van der Waals surface area (Å²) < 4.78 is 5.42. The molecule has 4 rings (SSSR count). The lowest BCUT2D eigenvalue weighted by atomic mass is 10.0. The van der Waals surface area contributed by atoms with Crippen LogP contribution < -0.4 is 10.9 Å². The van der Waals surface area contributed by atoms with E-state index < -0.39 is 0 Å². The van der Waals surface area contributed by atoms with E-state index in [0.29, 0.717) is 11.6 Å². The zero-order valence-corrected chi connectivity index (χ0v) is 15.6. The average molecular weight is 385 g/mol. The molecule has 2 amide bonds. The van der Waals surface area contributed by atoms with Gasteiger partial charge < -0.3 is 4.42 Å². The van der Waals surface area contributed by atoms with E-state index in [0.717, 1.165) is 21.9 Å². The topological polar surface area (TPSA) is 84.2 Å². The first kappa shape index (κ1) is 18.4. The number of fused-ring (bicyclic) bond motifs is 1. The molecule has 0 atom stereocenters. The molecule has 6 heteroatoms. The summed E-state index contributed by atoms with van der Waals surface area (Å²) in [5, 5.41) is 2.09. The second-order valence-electron chi connectivity index (χ2n) is 6.60. The summed E-state index contributed by atoms with van der Waals surface area (Å²) in [6.45, 7) is 0. The lowest BCUT2D eigenvalue weighted by Gasteiger charge is -2.08. The number of benzene rings is 3. The average Bonchev–Trinajstić information content (AvgIpc) is 3.22. The van der Waals surface area contributed by atoms with Crippen molar-refractivity contribution in [1.82, 2.24) is 15.8 Å². The molecule has 3 aromatic carbocycles. The van der Waals surface area contributed by atoms with Gasteiger partial charge in [-0.3, -0.25) is 20.4 Å². The van der Waals surface area contributed by atoms with Gasteiger partial charge in [0.2, 0.25) is 17.7 Å². The molecular formula is C23H19N3O3. The molecular weight excluding hydrogens is 366 g/mol. The lowest BCUT2D eigenvalue weighted by Crippen LogP contribution is -2.43. The molecule has 0 fully saturated rings. The normalized spacial score (nSPS) is 10.6. The van der Waals surface area contributed by atoms with Crippen molar-refractivity contribution in [2.24, 2.45) is 0 Å². The van der Waals surface area contributed by atoms with Gasteiger partial charge in [-0.2, -0.15) is 0 Å². The minimum Gasteiger partial charge on any atom is -0.444 e. The molecule has 4 aromatic rings. The maximum Gasteiger partial charge on any atom is 0.244 e. The Morgan fingerprint density at radius 1 is 0.793 bits per heavy atom. The minimum absolute atomic E-state index is 0.00484. The van der Waals surface area contributed by atoms with Gasteiger partial charge in [-0.1, -0.05) is 60.7 Å². The SMILES string of the molecule is O=C(Cc1coc(-c2ccccc2)n1)NNC(=O)Cc1cccc2ccccc12. The number of amides is 2. The number of hydrogen-bond acceptors (Lipinski definition) is 4. The quantitative estimate of drug-likeness (QED) is 0.516. The van der Waals surface area contributed by atoms with E-state index >= 15 is 0 Å². The Hall–Kier alpha value is -3.93.